The maximum absolute atomic E-state index is 11.8. The number of primary amides is 1. The zero-order valence-corrected chi connectivity index (χ0v) is 14.1. The Bertz CT molecular complexity index is 484. The summed E-state index contributed by atoms with van der Waals surface area (Å²) in [5.74, 6) is -3.90. The van der Waals surface area contributed by atoms with E-state index in [1.165, 1.54) is 6.92 Å². The Morgan fingerprint density at radius 3 is 1.88 bits per heavy atom. The van der Waals surface area contributed by atoms with Crippen LogP contribution in [-0.2, 0) is 28.7 Å². The van der Waals surface area contributed by atoms with Crippen LogP contribution in [-0.4, -0.2) is 48.0 Å². The van der Waals surface area contributed by atoms with Gasteiger partial charge in [0.25, 0.3) is 0 Å². The first kappa shape index (κ1) is 22.0. The second kappa shape index (κ2) is 9.96. The molecule has 0 saturated carbocycles. The van der Waals surface area contributed by atoms with Gasteiger partial charge in [0.1, 0.15) is 24.2 Å². The zero-order chi connectivity index (χ0) is 19.0. The Morgan fingerprint density at radius 2 is 1.42 bits per heavy atom. The Labute approximate surface area is 140 Å². The molecule has 0 bridgehead atoms. The molecule has 5 atom stereocenters. The third-order valence-corrected chi connectivity index (χ3v) is 3.53. The molecule has 0 heterocycles. The summed E-state index contributed by atoms with van der Waals surface area (Å²) >= 11 is 0. The highest BCUT2D eigenvalue weighted by molar-refractivity contribution is 5.91. The van der Waals surface area contributed by atoms with E-state index in [1.807, 2.05) is 6.92 Å². The summed E-state index contributed by atoms with van der Waals surface area (Å²) in [7, 11) is 0. The molecule has 0 aromatic rings. The number of nitrogens with two attached hydrogens (primary N) is 4. The molecule has 0 aromatic heterocycles. The van der Waals surface area contributed by atoms with Crippen LogP contribution in [0.3, 0.4) is 0 Å². The molecule has 0 fully saturated rings. The van der Waals surface area contributed by atoms with Gasteiger partial charge in [-0.05, 0) is 12.8 Å². The van der Waals surface area contributed by atoms with E-state index in [-0.39, 0.29) is 5.92 Å². The van der Waals surface area contributed by atoms with Crippen molar-refractivity contribution in [1.29, 1.82) is 0 Å². The minimum Gasteiger partial charge on any atom is -0.459 e. The van der Waals surface area contributed by atoms with E-state index >= 15 is 0 Å². The fraction of sp³-hybridized carbons (Fsp3) is 0.714. The lowest BCUT2D eigenvalue weighted by Crippen LogP contribution is -2.48. The summed E-state index contributed by atoms with van der Waals surface area (Å²) < 4.78 is 9.47. The van der Waals surface area contributed by atoms with Crippen molar-refractivity contribution < 1.29 is 28.7 Å². The van der Waals surface area contributed by atoms with Crippen molar-refractivity contribution in [1.82, 2.24) is 0 Å². The second-order valence-electron chi connectivity index (χ2n) is 5.60. The maximum atomic E-state index is 11.8. The monoisotopic (exact) mass is 346 g/mol. The van der Waals surface area contributed by atoms with Crippen molar-refractivity contribution in [2.45, 2.75) is 57.8 Å². The molecule has 0 radical (unpaired) electrons. The zero-order valence-electron chi connectivity index (χ0n) is 14.1. The lowest BCUT2D eigenvalue weighted by Gasteiger charge is -2.21. The minimum absolute atomic E-state index is 0.177. The molecule has 0 saturated heterocycles. The van der Waals surface area contributed by atoms with Gasteiger partial charge in [0.05, 0.1) is 6.42 Å². The molecular weight excluding hydrogens is 320 g/mol. The molecule has 24 heavy (non-hydrogen) atoms. The lowest BCUT2D eigenvalue weighted by molar-refractivity contribution is -0.166. The highest BCUT2D eigenvalue weighted by Gasteiger charge is 2.31. The number of hydrogen-bond acceptors (Lipinski definition) is 9. The van der Waals surface area contributed by atoms with Crippen molar-refractivity contribution in [3.05, 3.63) is 0 Å². The first-order valence-corrected chi connectivity index (χ1v) is 7.52. The van der Waals surface area contributed by atoms with Crippen LogP contribution in [0.2, 0.25) is 0 Å². The molecule has 0 aliphatic heterocycles. The second-order valence-corrected chi connectivity index (χ2v) is 5.60. The molecule has 0 aliphatic rings. The fourth-order valence-corrected chi connectivity index (χ4v) is 1.56. The van der Waals surface area contributed by atoms with Crippen LogP contribution in [0.4, 0.5) is 0 Å². The van der Waals surface area contributed by atoms with Gasteiger partial charge in [0, 0.05) is 0 Å². The Morgan fingerprint density at radius 1 is 0.917 bits per heavy atom. The van der Waals surface area contributed by atoms with Crippen LogP contribution < -0.4 is 22.9 Å². The molecule has 8 N–H and O–H groups in total. The molecule has 10 heteroatoms. The van der Waals surface area contributed by atoms with Crippen molar-refractivity contribution in [3.63, 3.8) is 0 Å². The molecule has 0 rings (SSSR count). The summed E-state index contributed by atoms with van der Waals surface area (Å²) in [5.41, 5.74) is 21.6. The molecule has 10 nitrogen and oxygen atoms in total. The summed E-state index contributed by atoms with van der Waals surface area (Å²) in [6.07, 6.45) is -0.910. The van der Waals surface area contributed by atoms with Gasteiger partial charge in [-0.2, -0.15) is 0 Å². The van der Waals surface area contributed by atoms with E-state index in [9.17, 15) is 19.2 Å². The molecule has 0 aromatic carbocycles. The average Bonchev–Trinajstić information content (AvgIpc) is 2.51. The van der Waals surface area contributed by atoms with Gasteiger partial charge in [0.15, 0.2) is 0 Å². The van der Waals surface area contributed by atoms with Gasteiger partial charge in [-0.15, -0.1) is 0 Å². The van der Waals surface area contributed by atoms with Gasteiger partial charge in [-0.25, -0.2) is 9.59 Å². The lowest BCUT2D eigenvalue weighted by atomic mass is 10.0. The number of ether oxygens (including phenoxy) is 2. The fourth-order valence-electron chi connectivity index (χ4n) is 1.56. The molecule has 0 aliphatic carbocycles. The first-order chi connectivity index (χ1) is 11.0. The van der Waals surface area contributed by atoms with Gasteiger partial charge in [-0.1, -0.05) is 20.3 Å². The Hall–Kier alpha value is -2.04. The summed E-state index contributed by atoms with van der Waals surface area (Å²) in [5, 5.41) is 0. The van der Waals surface area contributed by atoms with Crippen molar-refractivity contribution in [3.8, 4) is 0 Å². The molecule has 0 unspecified atom stereocenters. The third-order valence-electron chi connectivity index (χ3n) is 3.53. The number of amides is 1. The number of esters is 3. The van der Waals surface area contributed by atoms with Gasteiger partial charge in [0.2, 0.25) is 5.91 Å². The molecule has 1 amide bonds. The number of hydrogen-bond donors (Lipinski definition) is 4. The van der Waals surface area contributed by atoms with Crippen LogP contribution in [0.25, 0.3) is 0 Å². The first-order valence-electron chi connectivity index (χ1n) is 7.52. The summed E-state index contributed by atoms with van der Waals surface area (Å²) in [6.45, 7) is 4.89. The van der Waals surface area contributed by atoms with E-state index in [2.05, 4.69) is 4.74 Å². The van der Waals surface area contributed by atoms with E-state index in [1.54, 1.807) is 6.92 Å². The number of carbonyl (C=O) groups is 4. The Balaban J connectivity index is 4.59. The predicted octanol–water partition coefficient (Wildman–Crippen LogP) is -2.11. The predicted molar refractivity (Wildman–Crippen MR) is 83.8 cm³/mol. The molecule has 138 valence electrons. The van der Waals surface area contributed by atoms with Crippen LogP contribution in [0.1, 0.15) is 33.6 Å². The quantitative estimate of drug-likeness (QED) is 0.267. The number of carbonyl (C=O) groups excluding carboxylic acids is 4. The SMILES string of the molecule is CC[C@H](C)[C@H](N)C(=O)OC(=O)[C@@H](N)[C@@H](C)OC(=O)[C@@H](N)CC(N)=O. The van der Waals surface area contributed by atoms with Crippen molar-refractivity contribution >= 4 is 23.8 Å². The number of rotatable bonds is 9. The van der Waals surface area contributed by atoms with Crippen LogP contribution in [0.5, 0.6) is 0 Å². The summed E-state index contributed by atoms with van der Waals surface area (Å²) in [4.78, 5) is 45.9. The van der Waals surface area contributed by atoms with Crippen molar-refractivity contribution in [2.75, 3.05) is 0 Å². The van der Waals surface area contributed by atoms with E-state index in [0.29, 0.717) is 6.42 Å². The normalized spacial score (nSPS) is 17.1. The van der Waals surface area contributed by atoms with Gasteiger partial charge < -0.3 is 32.4 Å². The van der Waals surface area contributed by atoms with Crippen molar-refractivity contribution in [2.24, 2.45) is 28.9 Å². The van der Waals surface area contributed by atoms with Crippen LogP contribution in [0, 0.1) is 5.92 Å². The summed E-state index contributed by atoms with van der Waals surface area (Å²) in [6, 6.07) is -3.65. The Kier molecular flexibility index (Phi) is 9.11. The third kappa shape index (κ3) is 7.02. The molecular formula is C14H26N4O6. The average molecular weight is 346 g/mol. The minimum atomic E-state index is -1.41. The van der Waals surface area contributed by atoms with E-state index < -0.39 is 54.5 Å². The standard InChI is InChI=1S/C14H26N4O6/c1-4-6(2)10(17)13(21)24-14(22)11(18)7(3)23-12(20)8(15)5-9(16)19/h6-8,10-11H,4-5,15,17-18H2,1-3H3,(H2,16,19)/t6-,7+,8-,10-,11-/m0/s1. The highest BCUT2D eigenvalue weighted by atomic mass is 16.6. The smallest absolute Gasteiger partial charge is 0.334 e. The maximum Gasteiger partial charge on any atom is 0.334 e. The highest BCUT2D eigenvalue weighted by Crippen LogP contribution is 2.08. The van der Waals surface area contributed by atoms with Gasteiger partial charge >= 0.3 is 17.9 Å². The van der Waals surface area contributed by atoms with Crippen LogP contribution >= 0.6 is 0 Å². The van der Waals surface area contributed by atoms with E-state index in [0.717, 1.165) is 0 Å². The van der Waals surface area contributed by atoms with E-state index in [4.69, 9.17) is 27.7 Å². The van der Waals surface area contributed by atoms with Gasteiger partial charge in [-0.3, -0.25) is 9.59 Å². The molecule has 0 spiro atoms. The van der Waals surface area contributed by atoms with Crippen LogP contribution in [0.15, 0.2) is 0 Å². The largest absolute Gasteiger partial charge is 0.459 e. The topological polar surface area (TPSA) is 191 Å².